The maximum absolute atomic E-state index is 13.0. The van der Waals surface area contributed by atoms with Crippen LogP contribution in [0.3, 0.4) is 0 Å². The molecule has 0 radical (unpaired) electrons. The van der Waals surface area contributed by atoms with Gasteiger partial charge in [-0.15, -0.1) is 0 Å². The van der Waals surface area contributed by atoms with Crippen molar-refractivity contribution in [1.82, 2.24) is 5.32 Å². The molecule has 1 aromatic carbocycles. The second-order valence-electron chi connectivity index (χ2n) is 3.94. The van der Waals surface area contributed by atoms with Gasteiger partial charge in [-0.1, -0.05) is 17.7 Å². The molecule has 1 aliphatic heterocycles. The summed E-state index contributed by atoms with van der Waals surface area (Å²) in [5.74, 6) is -0.451. The molecule has 4 heteroatoms. The fourth-order valence-electron chi connectivity index (χ4n) is 1.92. The molecule has 0 saturated carbocycles. The van der Waals surface area contributed by atoms with Gasteiger partial charge in [0.05, 0.1) is 5.02 Å². The second kappa shape index (κ2) is 4.08. The predicted molar refractivity (Wildman–Crippen MR) is 57.4 cm³/mol. The van der Waals surface area contributed by atoms with Gasteiger partial charge in [-0.2, -0.15) is 0 Å². The van der Waals surface area contributed by atoms with Gasteiger partial charge in [0.15, 0.2) is 0 Å². The maximum Gasteiger partial charge on any atom is 0.141 e. The van der Waals surface area contributed by atoms with Crippen molar-refractivity contribution in [3.05, 3.63) is 34.6 Å². The van der Waals surface area contributed by atoms with Crippen molar-refractivity contribution >= 4 is 11.6 Å². The van der Waals surface area contributed by atoms with Crippen LogP contribution < -0.4 is 5.32 Å². The Morgan fingerprint density at radius 1 is 1.47 bits per heavy atom. The molecule has 1 heterocycles. The monoisotopic (exact) mass is 229 g/mol. The predicted octanol–water partition coefficient (Wildman–Crippen LogP) is 2.05. The third-order valence-electron chi connectivity index (χ3n) is 2.82. The number of β-amino-alcohol motifs (C(OH)–C–C–N with tert-alkyl or cyclic N) is 1. The normalized spacial score (nSPS) is 26.6. The van der Waals surface area contributed by atoms with Crippen LogP contribution >= 0.6 is 11.6 Å². The molecule has 0 aromatic heterocycles. The second-order valence-corrected chi connectivity index (χ2v) is 4.35. The van der Waals surface area contributed by atoms with Crippen LogP contribution in [0.5, 0.6) is 0 Å². The van der Waals surface area contributed by atoms with E-state index in [9.17, 15) is 9.50 Å². The third-order valence-corrected chi connectivity index (χ3v) is 3.11. The summed E-state index contributed by atoms with van der Waals surface area (Å²) in [7, 11) is 0. The van der Waals surface area contributed by atoms with Crippen LogP contribution in [0.2, 0.25) is 5.02 Å². The fourth-order valence-corrected chi connectivity index (χ4v) is 2.10. The highest BCUT2D eigenvalue weighted by Crippen LogP contribution is 2.30. The molecule has 0 bridgehead atoms. The molecule has 0 spiro atoms. The first-order valence-corrected chi connectivity index (χ1v) is 5.38. The van der Waals surface area contributed by atoms with E-state index in [0.717, 1.165) is 13.0 Å². The van der Waals surface area contributed by atoms with Crippen molar-refractivity contribution < 1.29 is 9.50 Å². The Hall–Kier alpha value is -0.640. The van der Waals surface area contributed by atoms with Crippen LogP contribution in [0.15, 0.2) is 18.2 Å². The van der Waals surface area contributed by atoms with E-state index in [4.69, 9.17) is 11.6 Å². The first-order chi connectivity index (χ1) is 7.12. The molecule has 2 rings (SSSR count). The number of hydrogen-bond donors (Lipinski definition) is 2. The number of halogens is 2. The molecular weight excluding hydrogens is 217 g/mol. The Morgan fingerprint density at radius 2 is 2.27 bits per heavy atom. The van der Waals surface area contributed by atoms with Crippen molar-refractivity contribution in [2.45, 2.75) is 18.4 Å². The molecule has 1 aromatic rings. The minimum Gasteiger partial charge on any atom is -0.384 e. The summed E-state index contributed by atoms with van der Waals surface area (Å²) >= 11 is 5.69. The topological polar surface area (TPSA) is 32.3 Å². The zero-order valence-electron chi connectivity index (χ0n) is 8.26. The van der Waals surface area contributed by atoms with E-state index >= 15 is 0 Å². The van der Waals surface area contributed by atoms with Crippen LogP contribution in [-0.2, 0) is 5.60 Å². The molecule has 0 aliphatic carbocycles. The molecule has 15 heavy (non-hydrogen) atoms. The zero-order valence-corrected chi connectivity index (χ0v) is 9.02. The number of nitrogens with one attached hydrogen (secondary N) is 1. The third kappa shape index (κ3) is 2.14. The average Bonchev–Trinajstić information content (AvgIpc) is 2.23. The van der Waals surface area contributed by atoms with E-state index in [1.807, 2.05) is 0 Å². The van der Waals surface area contributed by atoms with Crippen LogP contribution in [0, 0.1) is 5.82 Å². The largest absolute Gasteiger partial charge is 0.384 e. The van der Waals surface area contributed by atoms with Gasteiger partial charge in [-0.05, 0) is 37.1 Å². The van der Waals surface area contributed by atoms with E-state index < -0.39 is 11.4 Å². The number of rotatable bonds is 1. The van der Waals surface area contributed by atoms with Gasteiger partial charge in [-0.3, -0.25) is 0 Å². The fraction of sp³-hybridized carbons (Fsp3) is 0.455. The molecule has 1 atom stereocenters. The SMILES string of the molecule is O[C@@]1(c2ccc(F)c(Cl)c2)CCCNC1. The van der Waals surface area contributed by atoms with Crippen molar-refractivity contribution in [2.24, 2.45) is 0 Å². The lowest BCUT2D eigenvalue weighted by Crippen LogP contribution is -2.43. The zero-order chi connectivity index (χ0) is 10.9. The van der Waals surface area contributed by atoms with E-state index in [0.29, 0.717) is 18.5 Å². The van der Waals surface area contributed by atoms with E-state index in [-0.39, 0.29) is 5.02 Å². The smallest absolute Gasteiger partial charge is 0.141 e. The van der Waals surface area contributed by atoms with Gasteiger partial charge >= 0.3 is 0 Å². The van der Waals surface area contributed by atoms with Gasteiger partial charge < -0.3 is 10.4 Å². The highest BCUT2D eigenvalue weighted by molar-refractivity contribution is 6.30. The quantitative estimate of drug-likeness (QED) is 0.773. The van der Waals surface area contributed by atoms with Gasteiger partial charge in [0, 0.05) is 6.54 Å². The van der Waals surface area contributed by atoms with E-state index in [1.54, 1.807) is 6.07 Å². The molecule has 2 N–H and O–H groups in total. The van der Waals surface area contributed by atoms with Crippen molar-refractivity contribution in [3.63, 3.8) is 0 Å². The molecule has 1 fully saturated rings. The van der Waals surface area contributed by atoms with Crippen molar-refractivity contribution in [3.8, 4) is 0 Å². The molecule has 2 nitrogen and oxygen atoms in total. The standard InChI is InChI=1S/C11H13ClFNO/c12-9-6-8(2-3-10(9)13)11(15)4-1-5-14-7-11/h2-3,6,14-15H,1,4-5,7H2/t11-/m0/s1. The Bertz CT molecular complexity index is 364. The molecule has 1 saturated heterocycles. The lowest BCUT2D eigenvalue weighted by Gasteiger charge is -2.33. The summed E-state index contributed by atoms with van der Waals surface area (Å²) in [5, 5.41) is 13.5. The van der Waals surface area contributed by atoms with Crippen molar-refractivity contribution in [1.29, 1.82) is 0 Å². The van der Waals surface area contributed by atoms with Crippen LogP contribution in [0.1, 0.15) is 18.4 Å². The highest BCUT2D eigenvalue weighted by atomic mass is 35.5. The lowest BCUT2D eigenvalue weighted by atomic mass is 9.87. The number of piperidine rings is 1. The Kier molecular flexibility index (Phi) is 2.96. The van der Waals surface area contributed by atoms with Crippen molar-refractivity contribution in [2.75, 3.05) is 13.1 Å². The average molecular weight is 230 g/mol. The molecule has 0 amide bonds. The van der Waals surface area contributed by atoms with Gasteiger partial charge in [-0.25, -0.2) is 4.39 Å². The van der Waals surface area contributed by atoms with Crippen LogP contribution in [-0.4, -0.2) is 18.2 Å². The van der Waals surface area contributed by atoms with E-state index in [1.165, 1.54) is 12.1 Å². The number of benzene rings is 1. The number of aliphatic hydroxyl groups is 1. The maximum atomic E-state index is 13.0. The van der Waals surface area contributed by atoms with Crippen LogP contribution in [0.25, 0.3) is 0 Å². The highest BCUT2D eigenvalue weighted by Gasteiger charge is 2.31. The van der Waals surface area contributed by atoms with Crippen LogP contribution in [0.4, 0.5) is 4.39 Å². The summed E-state index contributed by atoms with van der Waals surface area (Å²) < 4.78 is 13.0. The first-order valence-electron chi connectivity index (χ1n) is 5.00. The minimum absolute atomic E-state index is 0.0616. The molecule has 82 valence electrons. The summed E-state index contributed by atoms with van der Waals surface area (Å²) in [4.78, 5) is 0. The first kappa shape index (κ1) is 10.9. The van der Waals surface area contributed by atoms with E-state index in [2.05, 4.69) is 5.32 Å². The molecule has 1 aliphatic rings. The Balaban J connectivity index is 2.31. The summed E-state index contributed by atoms with van der Waals surface area (Å²) in [5.41, 5.74) is -0.226. The Morgan fingerprint density at radius 3 is 2.87 bits per heavy atom. The molecular formula is C11H13ClFNO. The summed E-state index contributed by atoms with van der Waals surface area (Å²) in [6, 6.07) is 4.39. The Labute approximate surface area is 93.1 Å². The minimum atomic E-state index is -0.907. The molecule has 0 unspecified atom stereocenters. The summed E-state index contributed by atoms with van der Waals surface area (Å²) in [6.07, 6.45) is 1.59. The van der Waals surface area contributed by atoms with Gasteiger partial charge in [0.25, 0.3) is 0 Å². The number of hydrogen-bond acceptors (Lipinski definition) is 2. The lowest BCUT2D eigenvalue weighted by molar-refractivity contribution is 0.0123. The van der Waals surface area contributed by atoms with Gasteiger partial charge in [0.1, 0.15) is 11.4 Å². The van der Waals surface area contributed by atoms with Gasteiger partial charge in [0.2, 0.25) is 0 Å². The summed E-state index contributed by atoms with van der Waals surface area (Å²) in [6.45, 7) is 1.41.